The van der Waals surface area contributed by atoms with Gasteiger partial charge in [-0.2, -0.15) is 0 Å². The molecule has 0 fully saturated rings. The molecule has 654 valence electrons. The molecule has 2 unspecified atom stereocenters. The molecule has 0 aromatic rings. The molecule has 0 radical (unpaired) electrons. The van der Waals surface area contributed by atoms with Gasteiger partial charge in [-0.3, -0.25) is 37.3 Å². The molecule has 0 aliphatic carbocycles. The standard InChI is InChI=1S/C91H178O17P2/c1-7-9-11-13-15-17-19-21-23-25-26-27-28-33-36-40-44-48-55-61-67-73-88(93)101-79-86(107-90(95)75-70-64-58-50-46-42-38-34-30-29-32-35-39-43-47-53-59-65-71-83(3)4)81-105-109(97,98)103-77-85(92)78-104-110(99,100)106-82-87(80-102-89(94)74-68-62-56-52-51-54-60-66-72-84(5)6)108-91(96)76-69-63-57-49-45-41-37-31-24-22-20-18-16-14-12-10-8-2/h83-87,92H,7-82H2,1-6H3,(H,97,98)(H,99,100)/t85-,86-,87-/m1/s1. The normalized spacial score (nSPS) is 13.7. The summed E-state index contributed by atoms with van der Waals surface area (Å²) in [4.78, 5) is 73.4. The van der Waals surface area contributed by atoms with Crippen LogP contribution in [0.3, 0.4) is 0 Å². The van der Waals surface area contributed by atoms with Gasteiger partial charge in [0.25, 0.3) is 0 Å². The van der Waals surface area contributed by atoms with E-state index < -0.39 is 97.5 Å². The lowest BCUT2D eigenvalue weighted by Crippen LogP contribution is -2.30. The first-order valence-corrected chi connectivity index (χ1v) is 50.0. The van der Waals surface area contributed by atoms with Gasteiger partial charge in [0.1, 0.15) is 19.3 Å². The van der Waals surface area contributed by atoms with Crippen molar-refractivity contribution in [3.05, 3.63) is 0 Å². The quantitative estimate of drug-likeness (QED) is 0.0222. The van der Waals surface area contributed by atoms with E-state index in [2.05, 4.69) is 41.5 Å². The lowest BCUT2D eigenvalue weighted by molar-refractivity contribution is -0.161. The second-order valence-electron chi connectivity index (χ2n) is 33.6. The number of unbranched alkanes of at least 4 members (excludes halogenated alkanes) is 60. The first-order valence-electron chi connectivity index (χ1n) is 47.0. The van der Waals surface area contributed by atoms with Crippen LogP contribution in [-0.4, -0.2) is 96.7 Å². The van der Waals surface area contributed by atoms with Crippen LogP contribution in [0.25, 0.3) is 0 Å². The van der Waals surface area contributed by atoms with Crippen molar-refractivity contribution in [2.24, 2.45) is 11.8 Å². The summed E-state index contributed by atoms with van der Waals surface area (Å²) in [5.74, 6) is -0.550. The summed E-state index contributed by atoms with van der Waals surface area (Å²) in [6.07, 6.45) is 76.6. The number of aliphatic hydroxyl groups excluding tert-OH is 1. The number of aliphatic hydroxyl groups is 1. The van der Waals surface area contributed by atoms with E-state index in [1.54, 1.807) is 0 Å². The van der Waals surface area contributed by atoms with Crippen LogP contribution < -0.4 is 0 Å². The van der Waals surface area contributed by atoms with Crippen LogP contribution in [0.1, 0.15) is 491 Å². The maximum atomic E-state index is 13.2. The number of rotatable bonds is 90. The van der Waals surface area contributed by atoms with Crippen molar-refractivity contribution < 1.29 is 80.2 Å². The maximum absolute atomic E-state index is 13.2. The molecule has 0 bridgehead atoms. The Bertz CT molecular complexity index is 2100. The number of ether oxygens (including phenoxy) is 4. The molecule has 5 atom stereocenters. The highest BCUT2D eigenvalue weighted by Crippen LogP contribution is 2.45. The fourth-order valence-corrected chi connectivity index (χ4v) is 15.9. The van der Waals surface area contributed by atoms with Crippen molar-refractivity contribution in [2.75, 3.05) is 39.6 Å². The van der Waals surface area contributed by atoms with Crippen LogP contribution in [0, 0.1) is 11.8 Å². The summed E-state index contributed by atoms with van der Waals surface area (Å²) in [7, 11) is -9.94. The van der Waals surface area contributed by atoms with E-state index in [1.807, 2.05) is 0 Å². The van der Waals surface area contributed by atoms with Gasteiger partial charge in [-0.15, -0.1) is 0 Å². The maximum Gasteiger partial charge on any atom is 0.472 e. The van der Waals surface area contributed by atoms with E-state index in [9.17, 15) is 43.2 Å². The van der Waals surface area contributed by atoms with Gasteiger partial charge < -0.3 is 33.8 Å². The molecule has 0 aliphatic heterocycles. The molecule has 0 spiro atoms. The number of carbonyl (C=O) groups is 4. The third-order valence-electron chi connectivity index (χ3n) is 21.5. The molecule has 3 N–H and O–H groups in total. The summed E-state index contributed by atoms with van der Waals surface area (Å²) in [5.41, 5.74) is 0. The average Bonchev–Trinajstić information content (AvgIpc) is 0.899. The van der Waals surface area contributed by atoms with Gasteiger partial charge in [-0.25, -0.2) is 9.13 Å². The largest absolute Gasteiger partial charge is 0.472 e. The Morgan fingerprint density at radius 1 is 0.245 bits per heavy atom. The second-order valence-corrected chi connectivity index (χ2v) is 36.6. The van der Waals surface area contributed by atoms with Crippen LogP contribution in [0.15, 0.2) is 0 Å². The minimum absolute atomic E-state index is 0.108. The fourth-order valence-electron chi connectivity index (χ4n) is 14.3. The van der Waals surface area contributed by atoms with Gasteiger partial charge in [-0.1, -0.05) is 440 Å². The van der Waals surface area contributed by atoms with Crippen LogP contribution in [0.2, 0.25) is 0 Å². The summed E-state index contributed by atoms with van der Waals surface area (Å²) in [6, 6.07) is 0. The first kappa shape index (κ1) is 108. The van der Waals surface area contributed by atoms with Gasteiger partial charge >= 0.3 is 39.5 Å². The Balaban J connectivity index is 5.23. The summed E-state index contributed by atoms with van der Waals surface area (Å²) >= 11 is 0. The van der Waals surface area contributed by atoms with Crippen molar-refractivity contribution in [3.63, 3.8) is 0 Å². The minimum Gasteiger partial charge on any atom is -0.462 e. The number of hydrogen-bond acceptors (Lipinski definition) is 15. The third-order valence-corrected chi connectivity index (χ3v) is 23.4. The number of phosphoric acid groups is 2. The van der Waals surface area contributed by atoms with Crippen LogP contribution in [-0.2, 0) is 65.4 Å². The number of esters is 4. The fraction of sp³-hybridized carbons (Fsp3) is 0.956. The molecule has 19 heteroatoms. The number of carbonyl (C=O) groups excluding carboxylic acids is 4. The summed E-state index contributed by atoms with van der Waals surface area (Å²) in [5, 5.41) is 10.7. The predicted molar refractivity (Wildman–Crippen MR) is 455 cm³/mol. The molecule has 0 saturated carbocycles. The molecule has 17 nitrogen and oxygen atoms in total. The molecule has 0 aromatic carbocycles. The van der Waals surface area contributed by atoms with Gasteiger partial charge in [0.2, 0.25) is 0 Å². The summed E-state index contributed by atoms with van der Waals surface area (Å²) < 4.78 is 69.1. The molecule has 0 saturated heterocycles. The lowest BCUT2D eigenvalue weighted by atomic mass is 10.0. The number of phosphoric ester groups is 2. The molecule has 110 heavy (non-hydrogen) atoms. The van der Waals surface area contributed by atoms with E-state index in [-0.39, 0.29) is 25.7 Å². The van der Waals surface area contributed by atoms with Crippen molar-refractivity contribution in [2.45, 2.75) is 509 Å². The van der Waals surface area contributed by atoms with Crippen LogP contribution in [0.4, 0.5) is 0 Å². The van der Waals surface area contributed by atoms with Gasteiger partial charge in [0.05, 0.1) is 26.4 Å². The molecular weight excluding hydrogens is 1430 g/mol. The summed E-state index contributed by atoms with van der Waals surface area (Å²) in [6.45, 7) is 9.70. The predicted octanol–water partition coefficient (Wildman–Crippen LogP) is 28.2. The Morgan fingerprint density at radius 3 is 0.618 bits per heavy atom. The third kappa shape index (κ3) is 84.0. The molecule has 0 rings (SSSR count). The Morgan fingerprint density at radius 2 is 0.418 bits per heavy atom. The van der Waals surface area contributed by atoms with Gasteiger partial charge in [0.15, 0.2) is 12.2 Å². The molecular formula is C91H178O17P2. The van der Waals surface area contributed by atoms with Crippen LogP contribution >= 0.6 is 15.6 Å². The molecule has 0 aromatic heterocycles. The zero-order valence-corrected chi connectivity index (χ0v) is 74.4. The zero-order chi connectivity index (χ0) is 80.6. The first-order chi connectivity index (χ1) is 53.4. The van der Waals surface area contributed by atoms with Crippen molar-refractivity contribution >= 4 is 39.5 Å². The van der Waals surface area contributed by atoms with Crippen molar-refractivity contribution in [3.8, 4) is 0 Å². The van der Waals surface area contributed by atoms with E-state index >= 15 is 0 Å². The lowest BCUT2D eigenvalue weighted by Gasteiger charge is -2.21. The number of hydrogen-bond donors (Lipinski definition) is 3. The van der Waals surface area contributed by atoms with E-state index in [0.717, 1.165) is 102 Å². The SMILES string of the molecule is CCCCCCCCCCCCCCCCCCCCCCCC(=O)OC[C@H](COP(=O)(O)OC[C@@H](O)COP(=O)(O)OC[C@@H](COC(=O)CCCCCCCCCCC(C)C)OC(=O)CCCCCCCCCCCCCCCCCCC)OC(=O)CCCCCCCCCCCCCCCCCCCCC(C)C. The van der Waals surface area contributed by atoms with Gasteiger partial charge in [0, 0.05) is 25.7 Å². The Kier molecular flexibility index (Phi) is 80.7. The smallest absolute Gasteiger partial charge is 0.462 e. The minimum atomic E-state index is -4.97. The highest BCUT2D eigenvalue weighted by Gasteiger charge is 2.31. The van der Waals surface area contributed by atoms with E-state index in [4.69, 9.17) is 37.0 Å². The Hall–Kier alpha value is -1.94. The zero-order valence-electron chi connectivity index (χ0n) is 72.6. The highest BCUT2D eigenvalue weighted by molar-refractivity contribution is 7.47. The molecule has 0 heterocycles. The average molecular weight is 1610 g/mol. The Labute approximate surface area is 677 Å². The van der Waals surface area contributed by atoms with Crippen molar-refractivity contribution in [1.82, 2.24) is 0 Å². The topological polar surface area (TPSA) is 237 Å². The monoisotopic (exact) mass is 1610 g/mol. The van der Waals surface area contributed by atoms with E-state index in [1.165, 1.54) is 308 Å². The highest BCUT2D eigenvalue weighted by atomic mass is 31.2. The van der Waals surface area contributed by atoms with Gasteiger partial charge in [-0.05, 0) is 37.5 Å². The molecule has 0 amide bonds. The second kappa shape index (κ2) is 82.2. The van der Waals surface area contributed by atoms with Crippen LogP contribution in [0.5, 0.6) is 0 Å². The molecule has 0 aliphatic rings. The van der Waals surface area contributed by atoms with Crippen molar-refractivity contribution in [1.29, 1.82) is 0 Å². The van der Waals surface area contributed by atoms with E-state index in [0.29, 0.717) is 25.7 Å².